The molecule has 0 bridgehead atoms. The van der Waals surface area contributed by atoms with E-state index in [1.165, 1.54) is 25.7 Å². The predicted octanol–water partition coefficient (Wildman–Crippen LogP) is 4.37. The number of hydrogen-bond acceptors (Lipinski definition) is 2. The topological polar surface area (TPSA) is 37.3 Å². The molecular weight excluding hydrogens is 248 g/mol. The molecule has 1 fully saturated rings. The monoisotopic (exact) mass is 274 g/mol. The van der Waals surface area contributed by atoms with E-state index in [-0.39, 0.29) is 11.9 Å². The smallest absolute Gasteiger partial charge is 0.162 e. The number of aliphatic hydroxyl groups excluding tert-OH is 1. The number of aliphatic hydroxyl groups is 1. The molecule has 1 saturated carbocycles. The Kier molecular flexibility index (Phi) is 6.25. The third-order valence-electron chi connectivity index (χ3n) is 4.44. The average molecular weight is 274 g/mol. The maximum absolute atomic E-state index is 11.9. The van der Waals surface area contributed by atoms with Crippen LogP contribution in [0, 0.1) is 5.92 Å². The second-order valence-electron chi connectivity index (χ2n) is 6.00. The molecule has 0 amide bonds. The van der Waals surface area contributed by atoms with Gasteiger partial charge in [0.15, 0.2) is 5.78 Å². The number of Topliss-reactive ketones (excluding diaryl/α,β-unsaturated/α-hetero) is 1. The molecule has 1 N–H and O–H groups in total. The normalized spacial score (nSPS) is 17.2. The summed E-state index contributed by atoms with van der Waals surface area (Å²) >= 11 is 0. The molecule has 110 valence electrons. The Morgan fingerprint density at radius 2 is 1.80 bits per heavy atom. The number of unbranched alkanes of at least 4 members (excludes halogenated alkanes) is 2. The van der Waals surface area contributed by atoms with Crippen molar-refractivity contribution < 1.29 is 9.90 Å². The lowest BCUT2D eigenvalue weighted by Crippen LogP contribution is -2.17. The molecule has 0 aromatic heterocycles. The highest BCUT2D eigenvalue weighted by molar-refractivity contribution is 5.95. The van der Waals surface area contributed by atoms with Crippen LogP contribution >= 0.6 is 0 Å². The van der Waals surface area contributed by atoms with Crippen molar-refractivity contribution in [1.29, 1.82) is 0 Å². The Hall–Kier alpha value is -1.15. The van der Waals surface area contributed by atoms with Crippen molar-refractivity contribution in [3.05, 3.63) is 35.9 Å². The Morgan fingerprint density at radius 1 is 1.10 bits per heavy atom. The molecule has 20 heavy (non-hydrogen) atoms. The summed E-state index contributed by atoms with van der Waals surface area (Å²) in [5.41, 5.74) is 0.818. The van der Waals surface area contributed by atoms with Crippen LogP contribution in [0.3, 0.4) is 0 Å². The summed E-state index contributed by atoms with van der Waals surface area (Å²) < 4.78 is 0. The quantitative estimate of drug-likeness (QED) is 0.564. The SMILES string of the molecule is O=C(CCCCCC(O)C1CCCC1)c1ccccc1. The fraction of sp³-hybridized carbons (Fsp3) is 0.611. The van der Waals surface area contributed by atoms with Crippen molar-refractivity contribution in [2.24, 2.45) is 5.92 Å². The molecule has 0 heterocycles. The van der Waals surface area contributed by atoms with Gasteiger partial charge in [0.25, 0.3) is 0 Å². The molecule has 0 spiro atoms. The van der Waals surface area contributed by atoms with Crippen LogP contribution in [0.4, 0.5) is 0 Å². The van der Waals surface area contributed by atoms with E-state index in [1.807, 2.05) is 30.3 Å². The standard InChI is InChI=1S/C18H26O2/c19-17(15-9-3-1-4-10-15)13-5-2-6-14-18(20)16-11-7-8-12-16/h1,3-4,9-10,16,18,20H,2,5-8,11-14H2. The van der Waals surface area contributed by atoms with E-state index in [2.05, 4.69) is 0 Å². The van der Waals surface area contributed by atoms with Crippen LogP contribution in [0.2, 0.25) is 0 Å². The van der Waals surface area contributed by atoms with Gasteiger partial charge in [0.05, 0.1) is 6.10 Å². The van der Waals surface area contributed by atoms with Gasteiger partial charge in [-0.25, -0.2) is 0 Å². The fourth-order valence-corrected chi connectivity index (χ4v) is 3.16. The minimum Gasteiger partial charge on any atom is -0.393 e. The van der Waals surface area contributed by atoms with Crippen molar-refractivity contribution in [3.8, 4) is 0 Å². The number of hydrogen-bond donors (Lipinski definition) is 1. The molecule has 2 rings (SSSR count). The molecule has 1 atom stereocenters. The summed E-state index contributed by atoms with van der Waals surface area (Å²) in [6.07, 6.45) is 9.42. The van der Waals surface area contributed by atoms with E-state index >= 15 is 0 Å². The Balaban J connectivity index is 1.56. The number of carbonyl (C=O) groups is 1. The third-order valence-corrected chi connectivity index (χ3v) is 4.44. The summed E-state index contributed by atoms with van der Waals surface area (Å²) in [4.78, 5) is 11.9. The van der Waals surface area contributed by atoms with Gasteiger partial charge in [0.2, 0.25) is 0 Å². The largest absolute Gasteiger partial charge is 0.393 e. The highest BCUT2D eigenvalue weighted by atomic mass is 16.3. The first kappa shape index (κ1) is 15.2. The Labute approximate surface area is 122 Å². The molecule has 2 heteroatoms. The Morgan fingerprint density at radius 3 is 2.50 bits per heavy atom. The molecule has 1 aliphatic carbocycles. The second kappa shape index (κ2) is 8.21. The number of rotatable bonds is 8. The van der Waals surface area contributed by atoms with Gasteiger partial charge in [0.1, 0.15) is 0 Å². The van der Waals surface area contributed by atoms with Crippen LogP contribution in [0.1, 0.15) is 68.1 Å². The van der Waals surface area contributed by atoms with Crippen LogP contribution in [-0.4, -0.2) is 17.0 Å². The van der Waals surface area contributed by atoms with Gasteiger partial charge in [-0.15, -0.1) is 0 Å². The first-order chi connectivity index (χ1) is 9.77. The summed E-state index contributed by atoms with van der Waals surface area (Å²) in [6.45, 7) is 0. The minimum absolute atomic E-state index is 0.109. The molecule has 0 radical (unpaired) electrons. The molecule has 1 aromatic carbocycles. The van der Waals surface area contributed by atoms with Gasteiger partial charge in [-0.3, -0.25) is 4.79 Å². The van der Waals surface area contributed by atoms with E-state index in [4.69, 9.17) is 0 Å². The maximum atomic E-state index is 11.9. The molecule has 2 nitrogen and oxygen atoms in total. The van der Waals surface area contributed by atoms with Crippen molar-refractivity contribution in [1.82, 2.24) is 0 Å². The minimum atomic E-state index is -0.109. The van der Waals surface area contributed by atoms with Crippen molar-refractivity contribution in [2.45, 2.75) is 63.9 Å². The van der Waals surface area contributed by atoms with Crippen molar-refractivity contribution in [2.75, 3.05) is 0 Å². The maximum Gasteiger partial charge on any atom is 0.162 e. The van der Waals surface area contributed by atoms with E-state index < -0.39 is 0 Å². The van der Waals surface area contributed by atoms with Gasteiger partial charge in [0, 0.05) is 12.0 Å². The first-order valence-corrected chi connectivity index (χ1v) is 8.03. The number of benzene rings is 1. The van der Waals surface area contributed by atoms with Gasteiger partial charge < -0.3 is 5.11 Å². The molecule has 1 aromatic rings. The van der Waals surface area contributed by atoms with Crippen LogP contribution < -0.4 is 0 Å². The molecule has 0 aliphatic heterocycles. The highest BCUT2D eigenvalue weighted by Crippen LogP contribution is 2.29. The zero-order valence-electron chi connectivity index (χ0n) is 12.3. The van der Waals surface area contributed by atoms with Gasteiger partial charge in [-0.2, -0.15) is 0 Å². The second-order valence-corrected chi connectivity index (χ2v) is 6.00. The molecular formula is C18H26O2. The van der Waals surface area contributed by atoms with E-state index in [0.717, 1.165) is 31.2 Å². The lowest BCUT2D eigenvalue weighted by molar-refractivity contribution is 0.0962. The van der Waals surface area contributed by atoms with Crippen molar-refractivity contribution in [3.63, 3.8) is 0 Å². The van der Waals surface area contributed by atoms with Crippen LogP contribution in [0.25, 0.3) is 0 Å². The highest BCUT2D eigenvalue weighted by Gasteiger charge is 2.22. The van der Waals surface area contributed by atoms with Crippen LogP contribution in [0.5, 0.6) is 0 Å². The van der Waals surface area contributed by atoms with Gasteiger partial charge >= 0.3 is 0 Å². The summed E-state index contributed by atoms with van der Waals surface area (Å²) in [7, 11) is 0. The molecule has 1 unspecified atom stereocenters. The summed E-state index contributed by atoms with van der Waals surface area (Å²) in [6, 6.07) is 9.51. The van der Waals surface area contributed by atoms with Crippen molar-refractivity contribution >= 4 is 5.78 Å². The molecule has 0 saturated heterocycles. The van der Waals surface area contributed by atoms with E-state index in [9.17, 15) is 9.90 Å². The molecule has 1 aliphatic rings. The lowest BCUT2D eigenvalue weighted by atomic mass is 9.95. The number of carbonyl (C=O) groups excluding carboxylic acids is 1. The first-order valence-electron chi connectivity index (χ1n) is 8.03. The average Bonchev–Trinajstić information content (AvgIpc) is 3.01. The van der Waals surface area contributed by atoms with E-state index in [1.54, 1.807) is 0 Å². The van der Waals surface area contributed by atoms with Crippen LogP contribution in [-0.2, 0) is 0 Å². The zero-order chi connectivity index (χ0) is 14.2. The summed E-state index contributed by atoms with van der Waals surface area (Å²) in [5, 5.41) is 10.1. The lowest BCUT2D eigenvalue weighted by Gasteiger charge is -2.17. The third kappa shape index (κ3) is 4.75. The zero-order valence-corrected chi connectivity index (χ0v) is 12.3. The summed E-state index contributed by atoms with van der Waals surface area (Å²) in [5.74, 6) is 0.780. The Bertz CT molecular complexity index is 393. The van der Waals surface area contributed by atoms with Gasteiger partial charge in [-0.05, 0) is 31.6 Å². The van der Waals surface area contributed by atoms with E-state index in [0.29, 0.717) is 12.3 Å². The van der Waals surface area contributed by atoms with Gasteiger partial charge in [-0.1, -0.05) is 56.0 Å². The predicted molar refractivity (Wildman–Crippen MR) is 81.8 cm³/mol. The fourth-order valence-electron chi connectivity index (χ4n) is 3.16. The number of ketones is 1. The van der Waals surface area contributed by atoms with Crippen LogP contribution in [0.15, 0.2) is 30.3 Å².